The van der Waals surface area contributed by atoms with Gasteiger partial charge in [0.15, 0.2) is 0 Å². The van der Waals surface area contributed by atoms with Crippen molar-refractivity contribution in [2.24, 2.45) is 0 Å². The third kappa shape index (κ3) is 4.05. The summed E-state index contributed by atoms with van der Waals surface area (Å²) < 4.78 is 16.1. The molecule has 2 aliphatic heterocycles. The standard InChI is InChI=1S/C17H24N2O5/c1-22-13-4-2-12(3-5-13)17(21)18-14-11-24-15(16(14)20)10-19-6-8-23-9-7-19/h2-5,14-16,20H,6-11H2,1H3,(H,18,21). The van der Waals surface area contributed by atoms with Crippen molar-refractivity contribution in [3.8, 4) is 5.75 Å². The van der Waals surface area contributed by atoms with E-state index in [1.54, 1.807) is 31.4 Å². The van der Waals surface area contributed by atoms with Gasteiger partial charge in [-0.2, -0.15) is 0 Å². The van der Waals surface area contributed by atoms with Gasteiger partial charge >= 0.3 is 0 Å². The number of amides is 1. The lowest BCUT2D eigenvalue weighted by atomic mass is 10.1. The molecule has 3 rings (SSSR count). The molecule has 1 aromatic rings. The van der Waals surface area contributed by atoms with Crippen molar-refractivity contribution in [2.45, 2.75) is 18.2 Å². The molecule has 7 heteroatoms. The van der Waals surface area contributed by atoms with Crippen LogP contribution in [0.4, 0.5) is 0 Å². The van der Waals surface area contributed by atoms with Crippen molar-refractivity contribution < 1.29 is 24.1 Å². The summed E-state index contributed by atoms with van der Waals surface area (Å²) in [7, 11) is 1.58. The molecular formula is C17H24N2O5. The van der Waals surface area contributed by atoms with Crippen LogP contribution in [0.5, 0.6) is 5.75 Å². The van der Waals surface area contributed by atoms with Gasteiger partial charge in [-0.1, -0.05) is 0 Å². The van der Waals surface area contributed by atoms with Crippen LogP contribution in [-0.2, 0) is 9.47 Å². The van der Waals surface area contributed by atoms with Crippen molar-refractivity contribution >= 4 is 5.91 Å². The number of morpholine rings is 1. The van der Waals surface area contributed by atoms with Crippen molar-refractivity contribution in [3.05, 3.63) is 29.8 Å². The molecule has 2 N–H and O–H groups in total. The van der Waals surface area contributed by atoms with Crippen LogP contribution in [0, 0.1) is 0 Å². The maximum Gasteiger partial charge on any atom is 0.251 e. The zero-order chi connectivity index (χ0) is 16.9. The normalized spacial score (nSPS) is 27.8. The number of aliphatic hydroxyl groups excluding tert-OH is 1. The molecule has 132 valence electrons. The van der Waals surface area contributed by atoms with Crippen LogP contribution in [0.3, 0.4) is 0 Å². The number of ether oxygens (including phenoxy) is 3. The predicted molar refractivity (Wildman–Crippen MR) is 87.3 cm³/mol. The zero-order valence-corrected chi connectivity index (χ0v) is 13.8. The highest BCUT2D eigenvalue weighted by molar-refractivity contribution is 5.94. The molecule has 2 heterocycles. The average Bonchev–Trinajstić information content (AvgIpc) is 2.96. The molecule has 7 nitrogen and oxygen atoms in total. The highest BCUT2D eigenvalue weighted by Gasteiger charge is 2.37. The number of nitrogens with zero attached hydrogens (tertiary/aromatic N) is 1. The number of rotatable bonds is 5. The lowest BCUT2D eigenvalue weighted by Gasteiger charge is -2.29. The van der Waals surface area contributed by atoms with E-state index >= 15 is 0 Å². The molecule has 1 amide bonds. The maximum absolute atomic E-state index is 12.3. The Morgan fingerprint density at radius 3 is 2.71 bits per heavy atom. The molecule has 0 bridgehead atoms. The molecule has 24 heavy (non-hydrogen) atoms. The van der Waals surface area contributed by atoms with Crippen LogP contribution >= 0.6 is 0 Å². The molecule has 1 aromatic carbocycles. The fourth-order valence-corrected chi connectivity index (χ4v) is 3.00. The quantitative estimate of drug-likeness (QED) is 0.781. The topological polar surface area (TPSA) is 80.3 Å². The van der Waals surface area contributed by atoms with E-state index in [1.165, 1.54) is 0 Å². The maximum atomic E-state index is 12.3. The summed E-state index contributed by atoms with van der Waals surface area (Å²) in [6.45, 7) is 4.07. The molecule has 0 spiro atoms. The summed E-state index contributed by atoms with van der Waals surface area (Å²) in [6.07, 6.45) is -1.00. The van der Waals surface area contributed by atoms with Crippen molar-refractivity contribution in [1.29, 1.82) is 0 Å². The summed E-state index contributed by atoms with van der Waals surface area (Å²) in [5.74, 6) is 0.471. The van der Waals surface area contributed by atoms with Gasteiger partial charge in [-0.25, -0.2) is 0 Å². The Morgan fingerprint density at radius 1 is 1.33 bits per heavy atom. The second kappa shape index (κ2) is 7.94. The third-order valence-corrected chi connectivity index (χ3v) is 4.49. The number of hydrogen-bond donors (Lipinski definition) is 2. The van der Waals surface area contributed by atoms with E-state index in [0.717, 1.165) is 13.1 Å². The average molecular weight is 336 g/mol. The van der Waals surface area contributed by atoms with Crippen LogP contribution in [-0.4, -0.2) is 80.7 Å². The molecule has 2 saturated heterocycles. The summed E-state index contributed by atoms with van der Waals surface area (Å²) in [6, 6.07) is 6.46. The summed E-state index contributed by atoms with van der Waals surface area (Å²) in [4.78, 5) is 14.5. The van der Waals surface area contributed by atoms with Gasteiger partial charge in [0.05, 0.1) is 39.1 Å². The van der Waals surface area contributed by atoms with E-state index < -0.39 is 12.1 Å². The number of nitrogens with one attached hydrogen (secondary N) is 1. The Labute approximate surface area is 141 Å². The number of hydrogen-bond acceptors (Lipinski definition) is 6. The van der Waals surface area contributed by atoms with E-state index in [-0.39, 0.29) is 12.0 Å². The van der Waals surface area contributed by atoms with Crippen LogP contribution in [0.2, 0.25) is 0 Å². The second-order valence-electron chi connectivity index (χ2n) is 6.08. The van der Waals surface area contributed by atoms with Crippen molar-refractivity contribution in [1.82, 2.24) is 10.2 Å². The first-order valence-corrected chi connectivity index (χ1v) is 8.22. The molecule has 2 fully saturated rings. The Morgan fingerprint density at radius 2 is 2.04 bits per heavy atom. The lowest BCUT2D eigenvalue weighted by molar-refractivity contribution is -0.0180. The highest BCUT2D eigenvalue weighted by atomic mass is 16.5. The molecule has 0 aliphatic carbocycles. The predicted octanol–water partition coefficient (Wildman–Crippen LogP) is -0.114. The molecule has 0 aromatic heterocycles. The largest absolute Gasteiger partial charge is 0.497 e. The molecule has 0 saturated carbocycles. The van der Waals surface area contributed by atoms with Gasteiger partial charge in [-0.05, 0) is 24.3 Å². The number of carbonyl (C=O) groups excluding carboxylic acids is 1. The van der Waals surface area contributed by atoms with E-state index in [0.29, 0.717) is 37.7 Å². The zero-order valence-electron chi connectivity index (χ0n) is 13.8. The third-order valence-electron chi connectivity index (χ3n) is 4.49. The monoisotopic (exact) mass is 336 g/mol. The number of methoxy groups -OCH3 is 1. The Hall–Kier alpha value is -1.67. The minimum absolute atomic E-state index is 0.225. The van der Waals surface area contributed by atoms with Gasteiger partial charge in [0.2, 0.25) is 0 Å². The van der Waals surface area contributed by atoms with Gasteiger partial charge in [-0.15, -0.1) is 0 Å². The first kappa shape index (κ1) is 17.2. The molecule has 3 unspecified atom stereocenters. The molecule has 3 atom stereocenters. The SMILES string of the molecule is COc1ccc(C(=O)NC2COC(CN3CCOCC3)C2O)cc1. The molecule has 2 aliphatic rings. The Balaban J connectivity index is 1.52. The molecule has 0 radical (unpaired) electrons. The van der Waals surface area contributed by atoms with E-state index in [4.69, 9.17) is 14.2 Å². The van der Waals surface area contributed by atoms with Gasteiger partial charge in [0.25, 0.3) is 5.91 Å². The highest BCUT2D eigenvalue weighted by Crippen LogP contribution is 2.18. The Kier molecular flexibility index (Phi) is 5.68. The minimum Gasteiger partial charge on any atom is -0.497 e. The van der Waals surface area contributed by atoms with Gasteiger partial charge in [0, 0.05) is 25.2 Å². The van der Waals surface area contributed by atoms with Crippen molar-refractivity contribution in [3.63, 3.8) is 0 Å². The summed E-state index contributed by atoms with van der Waals surface area (Å²) >= 11 is 0. The van der Waals surface area contributed by atoms with E-state index in [1.807, 2.05) is 0 Å². The van der Waals surface area contributed by atoms with E-state index in [9.17, 15) is 9.90 Å². The number of benzene rings is 1. The first-order valence-electron chi connectivity index (χ1n) is 8.22. The minimum atomic E-state index is -0.713. The fraction of sp³-hybridized carbons (Fsp3) is 0.588. The van der Waals surface area contributed by atoms with Crippen LogP contribution in [0.1, 0.15) is 10.4 Å². The van der Waals surface area contributed by atoms with E-state index in [2.05, 4.69) is 10.2 Å². The van der Waals surface area contributed by atoms with Gasteiger partial charge in [0.1, 0.15) is 11.9 Å². The molecular weight excluding hydrogens is 312 g/mol. The Bertz CT molecular complexity index is 544. The fourth-order valence-electron chi connectivity index (χ4n) is 3.00. The summed E-state index contributed by atoms with van der Waals surface area (Å²) in [5.41, 5.74) is 0.527. The van der Waals surface area contributed by atoms with Gasteiger partial charge in [-0.3, -0.25) is 9.69 Å². The van der Waals surface area contributed by atoms with Crippen molar-refractivity contribution in [2.75, 3.05) is 46.6 Å². The number of aliphatic hydroxyl groups is 1. The number of carbonyl (C=O) groups is 1. The second-order valence-corrected chi connectivity index (χ2v) is 6.08. The van der Waals surface area contributed by atoms with Crippen LogP contribution < -0.4 is 10.1 Å². The smallest absolute Gasteiger partial charge is 0.251 e. The van der Waals surface area contributed by atoms with Gasteiger partial charge < -0.3 is 24.6 Å². The van der Waals surface area contributed by atoms with Crippen LogP contribution in [0.25, 0.3) is 0 Å². The first-order chi connectivity index (χ1) is 11.7. The summed E-state index contributed by atoms with van der Waals surface area (Å²) in [5, 5.41) is 13.3. The van der Waals surface area contributed by atoms with Crippen LogP contribution in [0.15, 0.2) is 24.3 Å². The lowest BCUT2D eigenvalue weighted by Crippen LogP contribution is -2.48.